The lowest BCUT2D eigenvalue weighted by atomic mass is 10.5. The molecule has 0 aliphatic rings. The van der Waals surface area contributed by atoms with E-state index in [2.05, 4.69) is 4.98 Å². The zero-order valence-corrected chi connectivity index (χ0v) is 9.00. The minimum Gasteiger partial charge on any atom is -0.334 e. The first kappa shape index (κ1) is 11.2. The molecule has 7 heteroatoms. The fourth-order valence-electron chi connectivity index (χ4n) is 1.14. The molecule has 3 N–H and O–H groups in total. The summed E-state index contributed by atoms with van der Waals surface area (Å²) in [5, 5.41) is -0.0362. The second-order valence-corrected chi connectivity index (χ2v) is 4.60. The Bertz CT molecular complexity index is 409. The van der Waals surface area contributed by atoms with E-state index in [-0.39, 0.29) is 5.03 Å². The van der Waals surface area contributed by atoms with Gasteiger partial charge in [0.1, 0.15) is 5.82 Å². The number of imidazole rings is 1. The standard InChI is InChI=1S/C7H14N4O2S/c1-3-4-11-5-7(9-6(11)2)14(12,13)10-8/h5,10H,3-4,8H2,1-2H3. The van der Waals surface area contributed by atoms with E-state index in [9.17, 15) is 8.42 Å². The average molecular weight is 218 g/mol. The van der Waals surface area contributed by atoms with Crippen molar-refractivity contribution >= 4 is 10.0 Å². The lowest BCUT2D eigenvalue weighted by Crippen LogP contribution is -2.30. The quantitative estimate of drug-likeness (QED) is 0.539. The van der Waals surface area contributed by atoms with Crippen LogP contribution in [0.4, 0.5) is 0 Å². The third-order valence-corrected chi connectivity index (χ3v) is 2.91. The predicted octanol–water partition coefficient (Wildman–Crippen LogP) is -0.246. The zero-order chi connectivity index (χ0) is 10.8. The first-order valence-electron chi connectivity index (χ1n) is 4.27. The summed E-state index contributed by atoms with van der Waals surface area (Å²) in [5.41, 5.74) is 0. The predicted molar refractivity (Wildman–Crippen MR) is 51.8 cm³/mol. The highest BCUT2D eigenvalue weighted by Crippen LogP contribution is 2.08. The smallest absolute Gasteiger partial charge is 0.272 e. The van der Waals surface area contributed by atoms with Gasteiger partial charge < -0.3 is 4.57 Å². The van der Waals surface area contributed by atoms with Crippen molar-refractivity contribution in [2.75, 3.05) is 0 Å². The van der Waals surface area contributed by atoms with Gasteiger partial charge in [-0.05, 0) is 13.3 Å². The van der Waals surface area contributed by atoms with Crippen LogP contribution in [0.1, 0.15) is 19.2 Å². The summed E-state index contributed by atoms with van der Waals surface area (Å²) in [6.45, 7) is 4.51. The lowest BCUT2D eigenvalue weighted by molar-refractivity contribution is 0.580. The third-order valence-electron chi connectivity index (χ3n) is 1.85. The molecule has 0 saturated carbocycles. The number of rotatable bonds is 4. The molecule has 80 valence electrons. The van der Waals surface area contributed by atoms with Crippen LogP contribution in [0.25, 0.3) is 0 Å². The Kier molecular flexibility index (Phi) is 3.25. The van der Waals surface area contributed by atoms with Crippen molar-refractivity contribution in [2.45, 2.75) is 31.8 Å². The van der Waals surface area contributed by atoms with Crippen LogP contribution in [0.5, 0.6) is 0 Å². The molecule has 0 aliphatic carbocycles. The van der Waals surface area contributed by atoms with Crippen LogP contribution < -0.4 is 10.7 Å². The molecule has 1 aromatic heterocycles. The van der Waals surface area contributed by atoms with Crippen LogP contribution in [0.2, 0.25) is 0 Å². The Morgan fingerprint density at radius 1 is 1.64 bits per heavy atom. The fraction of sp³-hybridized carbons (Fsp3) is 0.571. The van der Waals surface area contributed by atoms with E-state index in [0.717, 1.165) is 13.0 Å². The molecule has 14 heavy (non-hydrogen) atoms. The van der Waals surface area contributed by atoms with Crippen molar-refractivity contribution < 1.29 is 8.42 Å². The molecule has 6 nitrogen and oxygen atoms in total. The molecule has 0 fully saturated rings. The summed E-state index contributed by atoms with van der Waals surface area (Å²) < 4.78 is 24.3. The molecule has 0 aromatic carbocycles. The number of nitrogens with zero attached hydrogens (tertiary/aromatic N) is 2. The summed E-state index contributed by atoms with van der Waals surface area (Å²) in [6.07, 6.45) is 2.40. The molecule has 0 bridgehead atoms. The maximum absolute atomic E-state index is 11.3. The zero-order valence-electron chi connectivity index (χ0n) is 8.19. The molecule has 0 spiro atoms. The van der Waals surface area contributed by atoms with E-state index in [0.29, 0.717) is 5.82 Å². The number of hydrogen-bond acceptors (Lipinski definition) is 4. The molecule has 0 radical (unpaired) electrons. The fourth-order valence-corrected chi connectivity index (χ4v) is 1.78. The molecule has 1 heterocycles. The summed E-state index contributed by atoms with van der Waals surface area (Å²) >= 11 is 0. The molecule has 0 saturated heterocycles. The largest absolute Gasteiger partial charge is 0.334 e. The Labute approximate surface area is 83.2 Å². The number of aromatic nitrogens is 2. The average Bonchev–Trinajstić information content (AvgIpc) is 2.49. The summed E-state index contributed by atoms with van der Waals surface area (Å²) in [4.78, 5) is 5.64. The van der Waals surface area contributed by atoms with E-state index in [4.69, 9.17) is 5.84 Å². The molecular formula is C7H14N4O2S. The van der Waals surface area contributed by atoms with Gasteiger partial charge in [-0.2, -0.15) is 0 Å². The van der Waals surface area contributed by atoms with E-state index in [1.807, 2.05) is 6.92 Å². The topological polar surface area (TPSA) is 90.0 Å². The van der Waals surface area contributed by atoms with E-state index in [1.54, 1.807) is 16.3 Å². The van der Waals surface area contributed by atoms with E-state index < -0.39 is 10.0 Å². The van der Waals surface area contributed by atoms with Crippen LogP contribution in [0.3, 0.4) is 0 Å². The van der Waals surface area contributed by atoms with Crippen molar-refractivity contribution in [1.82, 2.24) is 14.4 Å². The van der Waals surface area contributed by atoms with Gasteiger partial charge in [0, 0.05) is 12.7 Å². The monoisotopic (exact) mass is 218 g/mol. The molecule has 1 rings (SSSR count). The number of hydrogen-bond donors (Lipinski definition) is 2. The third kappa shape index (κ3) is 2.11. The number of sulfonamides is 1. The SMILES string of the molecule is CCCn1cc(S(=O)(=O)NN)nc1C. The maximum Gasteiger partial charge on any atom is 0.272 e. The highest BCUT2D eigenvalue weighted by molar-refractivity contribution is 7.89. The summed E-state index contributed by atoms with van der Waals surface area (Å²) in [6, 6.07) is 0. The van der Waals surface area contributed by atoms with Crippen molar-refractivity contribution in [3.05, 3.63) is 12.0 Å². The van der Waals surface area contributed by atoms with Crippen molar-refractivity contribution in [3.8, 4) is 0 Å². The summed E-state index contributed by atoms with van der Waals surface area (Å²) in [5.74, 6) is 5.55. The van der Waals surface area contributed by atoms with Gasteiger partial charge in [0.25, 0.3) is 10.0 Å². The molecule has 0 amide bonds. The van der Waals surface area contributed by atoms with Crippen LogP contribution in [-0.4, -0.2) is 18.0 Å². The second-order valence-electron chi connectivity index (χ2n) is 2.94. The van der Waals surface area contributed by atoms with Crippen LogP contribution in [0.15, 0.2) is 11.2 Å². The van der Waals surface area contributed by atoms with E-state index in [1.165, 1.54) is 6.20 Å². The lowest BCUT2D eigenvalue weighted by Gasteiger charge is -1.99. The molecule has 0 unspecified atom stereocenters. The Morgan fingerprint density at radius 3 is 2.79 bits per heavy atom. The van der Waals surface area contributed by atoms with Gasteiger partial charge >= 0.3 is 0 Å². The Balaban J connectivity index is 3.08. The minimum absolute atomic E-state index is 0.0362. The highest BCUT2D eigenvalue weighted by Gasteiger charge is 2.16. The molecule has 1 aromatic rings. The van der Waals surface area contributed by atoms with E-state index >= 15 is 0 Å². The Hall–Kier alpha value is -0.920. The van der Waals surface area contributed by atoms with Crippen molar-refractivity contribution in [2.24, 2.45) is 5.84 Å². The number of nitrogens with two attached hydrogens (primary N) is 1. The van der Waals surface area contributed by atoms with Gasteiger partial charge in [-0.1, -0.05) is 6.92 Å². The highest BCUT2D eigenvalue weighted by atomic mass is 32.2. The number of hydrazine groups is 1. The van der Waals surface area contributed by atoms with Crippen LogP contribution in [0, 0.1) is 6.92 Å². The second kappa shape index (κ2) is 4.07. The van der Waals surface area contributed by atoms with Gasteiger partial charge in [-0.25, -0.2) is 13.4 Å². The van der Waals surface area contributed by atoms with Gasteiger partial charge in [0.05, 0.1) is 0 Å². The van der Waals surface area contributed by atoms with Gasteiger partial charge in [-0.15, -0.1) is 4.83 Å². The molecular weight excluding hydrogens is 204 g/mol. The first-order valence-corrected chi connectivity index (χ1v) is 5.75. The van der Waals surface area contributed by atoms with Gasteiger partial charge in [-0.3, -0.25) is 5.84 Å². The van der Waals surface area contributed by atoms with Gasteiger partial charge in [0.15, 0.2) is 5.03 Å². The molecule has 0 atom stereocenters. The summed E-state index contributed by atoms with van der Waals surface area (Å²) in [7, 11) is -3.62. The first-order chi connectivity index (χ1) is 6.51. The molecule has 0 aliphatic heterocycles. The maximum atomic E-state index is 11.3. The van der Waals surface area contributed by atoms with Crippen molar-refractivity contribution in [1.29, 1.82) is 0 Å². The normalized spacial score (nSPS) is 11.9. The van der Waals surface area contributed by atoms with Crippen LogP contribution in [-0.2, 0) is 16.6 Å². The van der Waals surface area contributed by atoms with Gasteiger partial charge in [0.2, 0.25) is 0 Å². The number of nitrogens with one attached hydrogen (secondary N) is 1. The minimum atomic E-state index is -3.62. The van der Waals surface area contributed by atoms with Crippen molar-refractivity contribution in [3.63, 3.8) is 0 Å². The van der Waals surface area contributed by atoms with Crippen LogP contribution >= 0.6 is 0 Å². The Morgan fingerprint density at radius 2 is 2.29 bits per heavy atom. The number of aryl methyl sites for hydroxylation is 2.